The molecule has 0 spiro atoms. The number of amides is 2. The Morgan fingerprint density at radius 2 is 1.83 bits per heavy atom. The lowest BCUT2D eigenvalue weighted by Crippen LogP contribution is -2.49. The van der Waals surface area contributed by atoms with Crippen LogP contribution in [0.3, 0.4) is 0 Å². The highest BCUT2D eigenvalue weighted by atomic mass is 16.2. The fourth-order valence-corrected chi connectivity index (χ4v) is 1.70. The highest BCUT2D eigenvalue weighted by Gasteiger charge is 2.26. The number of hydrogen-bond acceptors (Lipinski definition) is 3. The number of primary amides is 1. The van der Waals surface area contributed by atoms with Gasteiger partial charge in [0.2, 0.25) is 11.8 Å². The molecule has 0 aliphatic heterocycles. The molecule has 1 aromatic rings. The lowest BCUT2D eigenvalue weighted by molar-refractivity contribution is -0.125. The summed E-state index contributed by atoms with van der Waals surface area (Å²) in [6.07, 6.45) is 0.0697. The van der Waals surface area contributed by atoms with Gasteiger partial charge in [-0.2, -0.15) is 0 Å². The molecule has 0 heterocycles. The van der Waals surface area contributed by atoms with Crippen molar-refractivity contribution >= 4 is 11.8 Å². The smallest absolute Gasteiger partial charge is 0.241 e. The van der Waals surface area contributed by atoms with Crippen LogP contribution in [0.25, 0.3) is 0 Å². The topological polar surface area (TPSA) is 98.2 Å². The Kier molecular flexibility index (Phi) is 4.44. The molecule has 18 heavy (non-hydrogen) atoms. The summed E-state index contributed by atoms with van der Waals surface area (Å²) in [4.78, 5) is 22.8. The van der Waals surface area contributed by atoms with E-state index in [4.69, 9.17) is 11.5 Å². The third-order valence-corrected chi connectivity index (χ3v) is 2.52. The molecule has 0 saturated heterocycles. The summed E-state index contributed by atoms with van der Waals surface area (Å²) in [6.45, 7) is 3.46. The zero-order valence-corrected chi connectivity index (χ0v) is 10.6. The molecular formula is C13H19N3O2. The molecule has 0 aromatic heterocycles. The zero-order valence-electron chi connectivity index (χ0n) is 10.6. The van der Waals surface area contributed by atoms with Crippen LogP contribution in [0.4, 0.5) is 0 Å². The maximum absolute atomic E-state index is 12.0. The standard InChI is InChI=1S/C13H19N3O2/c1-13(2,8-10(14)17)16-12(18)11(15)9-6-4-3-5-7-9/h3-7,11H,8,15H2,1-2H3,(H2,14,17)(H,16,18)/t11-/m1/s1. The van der Waals surface area contributed by atoms with E-state index in [2.05, 4.69) is 5.32 Å². The Bertz CT molecular complexity index is 429. The average Bonchev–Trinajstić information content (AvgIpc) is 2.26. The minimum Gasteiger partial charge on any atom is -0.370 e. The Balaban J connectivity index is 2.68. The first kappa shape index (κ1) is 14.2. The second-order valence-corrected chi connectivity index (χ2v) is 4.90. The largest absolute Gasteiger partial charge is 0.370 e. The first-order chi connectivity index (χ1) is 8.32. The van der Waals surface area contributed by atoms with Crippen LogP contribution in [0.1, 0.15) is 31.9 Å². The zero-order chi connectivity index (χ0) is 13.8. The highest BCUT2D eigenvalue weighted by molar-refractivity contribution is 5.84. The second-order valence-electron chi connectivity index (χ2n) is 4.90. The van der Waals surface area contributed by atoms with Gasteiger partial charge in [0.05, 0.1) is 0 Å². The van der Waals surface area contributed by atoms with Gasteiger partial charge in [-0.1, -0.05) is 30.3 Å². The summed E-state index contributed by atoms with van der Waals surface area (Å²) in [5.41, 5.74) is 11.0. The number of benzene rings is 1. The molecule has 0 aliphatic rings. The minimum absolute atomic E-state index is 0.0697. The van der Waals surface area contributed by atoms with Crippen LogP contribution in [0.15, 0.2) is 30.3 Å². The van der Waals surface area contributed by atoms with Gasteiger partial charge >= 0.3 is 0 Å². The molecule has 0 unspecified atom stereocenters. The van der Waals surface area contributed by atoms with E-state index in [1.54, 1.807) is 26.0 Å². The monoisotopic (exact) mass is 249 g/mol. The highest BCUT2D eigenvalue weighted by Crippen LogP contribution is 2.13. The van der Waals surface area contributed by atoms with Gasteiger partial charge in [0, 0.05) is 12.0 Å². The first-order valence-electron chi connectivity index (χ1n) is 5.73. The van der Waals surface area contributed by atoms with E-state index in [-0.39, 0.29) is 12.3 Å². The van der Waals surface area contributed by atoms with Crippen molar-refractivity contribution < 1.29 is 9.59 Å². The fraction of sp³-hybridized carbons (Fsp3) is 0.385. The Morgan fingerprint density at radius 3 is 2.33 bits per heavy atom. The van der Waals surface area contributed by atoms with Crippen molar-refractivity contribution in [2.24, 2.45) is 11.5 Å². The summed E-state index contributed by atoms with van der Waals surface area (Å²) in [7, 11) is 0. The van der Waals surface area contributed by atoms with Crippen LogP contribution >= 0.6 is 0 Å². The van der Waals surface area contributed by atoms with Crippen LogP contribution in [-0.4, -0.2) is 17.4 Å². The van der Waals surface area contributed by atoms with E-state index >= 15 is 0 Å². The summed E-state index contributed by atoms with van der Waals surface area (Å²) in [6, 6.07) is 8.30. The normalized spacial score (nSPS) is 12.8. The van der Waals surface area contributed by atoms with Gasteiger partial charge in [-0.15, -0.1) is 0 Å². The molecule has 1 aromatic carbocycles. The van der Waals surface area contributed by atoms with Gasteiger partial charge in [0.1, 0.15) is 6.04 Å². The van der Waals surface area contributed by atoms with Crippen molar-refractivity contribution in [1.82, 2.24) is 5.32 Å². The van der Waals surface area contributed by atoms with Crippen LogP contribution in [0, 0.1) is 0 Å². The molecule has 0 aliphatic carbocycles. The number of nitrogens with two attached hydrogens (primary N) is 2. The summed E-state index contributed by atoms with van der Waals surface area (Å²) in [5.74, 6) is -0.791. The van der Waals surface area contributed by atoms with Crippen LogP contribution in [-0.2, 0) is 9.59 Å². The molecule has 0 saturated carbocycles. The third kappa shape index (κ3) is 4.18. The lowest BCUT2D eigenvalue weighted by atomic mass is 9.98. The molecule has 0 radical (unpaired) electrons. The molecule has 0 fully saturated rings. The predicted molar refractivity (Wildman–Crippen MR) is 69.4 cm³/mol. The molecule has 5 N–H and O–H groups in total. The number of carbonyl (C=O) groups excluding carboxylic acids is 2. The number of rotatable bonds is 5. The Morgan fingerprint density at radius 1 is 1.28 bits per heavy atom. The molecule has 98 valence electrons. The number of carbonyl (C=O) groups is 2. The molecule has 1 rings (SSSR count). The van der Waals surface area contributed by atoms with E-state index in [9.17, 15) is 9.59 Å². The van der Waals surface area contributed by atoms with Crippen LogP contribution in [0.2, 0.25) is 0 Å². The minimum atomic E-state index is -0.752. The average molecular weight is 249 g/mol. The fourth-order valence-electron chi connectivity index (χ4n) is 1.70. The van der Waals surface area contributed by atoms with E-state index in [0.717, 1.165) is 5.56 Å². The van der Waals surface area contributed by atoms with E-state index < -0.39 is 17.5 Å². The molecule has 5 nitrogen and oxygen atoms in total. The van der Waals surface area contributed by atoms with Crippen molar-refractivity contribution in [3.8, 4) is 0 Å². The van der Waals surface area contributed by atoms with E-state index in [1.165, 1.54) is 0 Å². The van der Waals surface area contributed by atoms with Gasteiger partial charge in [-0.25, -0.2) is 0 Å². The maximum Gasteiger partial charge on any atom is 0.241 e. The van der Waals surface area contributed by atoms with Crippen molar-refractivity contribution in [3.63, 3.8) is 0 Å². The van der Waals surface area contributed by atoms with Gasteiger partial charge in [-0.05, 0) is 19.4 Å². The molecule has 0 bridgehead atoms. The predicted octanol–water partition coefficient (Wildman–Crippen LogP) is 0.457. The molecule has 5 heteroatoms. The van der Waals surface area contributed by atoms with Crippen molar-refractivity contribution in [3.05, 3.63) is 35.9 Å². The number of nitrogens with one attached hydrogen (secondary N) is 1. The van der Waals surface area contributed by atoms with Gasteiger partial charge in [0.25, 0.3) is 0 Å². The van der Waals surface area contributed by atoms with Crippen molar-refractivity contribution in [1.29, 1.82) is 0 Å². The summed E-state index contributed by atoms with van der Waals surface area (Å²) < 4.78 is 0. The van der Waals surface area contributed by atoms with E-state index in [1.807, 2.05) is 18.2 Å². The number of hydrogen-bond donors (Lipinski definition) is 3. The SMILES string of the molecule is CC(C)(CC(N)=O)NC(=O)[C@H](N)c1ccccc1. The molecular weight excluding hydrogens is 230 g/mol. The van der Waals surface area contributed by atoms with Crippen molar-refractivity contribution in [2.75, 3.05) is 0 Å². The second kappa shape index (κ2) is 5.64. The van der Waals surface area contributed by atoms with Crippen LogP contribution < -0.4 is 16.8 Å². The first-order valence-corrected chi connectivity index (χ1v) is 5.73. The summed E-state index contributed by atoms with van der Waals surface area (Å²) in [5, 5.41) is 2.72. The Hall–Kier alpha value is -1.88. The van der Waals surface area contributed by atoms with Gasteiger partial charge in [0.15, 0.2) is 0 Å². The quantitative estimate of drug-likeness (QED) is 0.706. The lowest BCUT2D eigenvalue weighted by Gasteiger charge is -2.26. The summed E-state index contributed by atoms with van der Waals surface area (Å²) >= 11 is 0. The van der Waals surface area contributed by atoms with Gasteiger partial charge in [-0.3, -0.25) is 9.59 Å². The van der Waals surface area contributed by atoms with Gasteiger partial charge < -0.3 is 16.8 Å². The third-order valence-electron chi connectivity index (χ3n) is 2.52. The van der Waals surface area contributed by atoms with Crippen molar-refractivity contribution in [2.45, 2.75) is 31.8 Å². The maximum atomic E-state index is 12.0. The molecule has 1 atom stereocenters. The Labute approximate surface area is 107 Å². The van der Waals surface area contributed by atoms with Crippen LogP contribution in [0.5, 0.6) is 0 Å². The van der Waals surface area contributed by atoms with E-state index in [0.29, 0.717) is 0 Å². The molecule has 2 amide bonds.